The zero-order chi connectivity index (χ0) is 14.1. The topological polar surface area (TPSA) is 86.5 Å². The summed E-state index contributed by atoms with van der Waals surface area (Å²) in [6.45, 7) is -3.24. The lowest BCUT2D eigenvalue weighted by molar-refractivity contribution is -0.386. The van der Waals surface area contributed by atoms with Gasteiger partial charge >= 0.3 is 6.61 Å². The van der Waals surface area contributed by atoms with Gasteiger partial charge in [-0.2, -0.15) is 8.78 Å². The Morgan fingerprint density at radius 2 is 2.00 bits per heavy atom. The van der Waals surface area contributed by atoms with Gasteiger partial charge in [0.1, 0.15) is 9.32 Å². The first kappa shape index (κ1) is 15.3. The summed E-state index contributed by atoms with van der Waals surface area (Å²) in [5.41, 5.74) is -0.687. The van der Waals surface area contributed by atoms with Crippen molar-refractivity contribution < 1.29 is 26.9 Å². The van der Waals surface area contributed by atoms with E-state index in [9.17, 15) is 27.3 Å². The first-order valence-electron chi connectivity index (χ1n) is 4.00. The number of halogens is 4. The summed E-state index contributed by atoms with van der Waals surface area (Å²) in [6, 6.07) is 1.37. The molecule has 0 aromatic heterocycles. The second-order valence-electron chi connectivity index (χ2n) is 2.83. The Bertz CT molecular complexity index is 594. The van der Waals surface area contributed by atoms with Gasteiger partial charge in [-0.3, -0.25) is 10.1 Å². The zero-order valence-electron chi connectivity index (χ0n) is 8.14. The lowest BCUT2D eigenvalue weighted by Crippen LogP contribution is -2.06. The highest BCUT2D eigenvalue weighted by Gasteiger charge is 2.24. The van der Waals surface area contributed by atoms with Crippen molar-refractivity contribution in [3.8, 4) is 5.75 Å². The van der Waals surface area contributed by atoms with Gasteiger partial charge in [0.15, 0.2) is 0 Å². The minimum atomic E-state index is -4.29. The van der Waals surface area contributed by atoms with Crippen LogP contribution in [0.25, 0.3) is 0 Å². The van der Waals surface area contributed by atoms with Crippen molar-refractivity contribution in [1.82, 2.24) is 0 Å². The number of benzene rings is 1. The van der Waals surface area contributed by atoms with Gasteiger partial charge in [0, 0.05) is 22.8 Å². The van der Waals surface area contributed by atoms with Crippen molar-refractivity contribution in [3.63, 3.8) is 0 Å². The van der Waals surface area contributed by atoms with Crippen LogP contribution in [0.5, 0.6) is 5.75 Å². The van der Waals surface area contributed by atoms with Crippen molar-refractivity contribution >= 4 is 48.0 Å². The van der Waals surface area contributed by atoms with E-state index in [4.69, 9.17) is 10.7 Å². The molecule has 18 heavy (non-hydrogen) atoms. The first-order chi connectivity index (χ1) is 8.12. The fourth-order valence-electron chi connectivity index (χ4n) is 1.01. The molecule has 11 heteroatoms. The predicted octanol–water partition coefficient (Wildman–Crippen LogP) is 2.73. The summed E-state index contributed by atoms with van der Waals surface area (Å²) in [5.74, 6) is -0.626. The van der Waals surface area contributed by atoms with Crippen molar-refractivity contribution in [3.05, 3.63) is 25.8 Å². The second-order valence-corrected chi connectivity index (χ2v) is 6.47. The molecule has 0 bridgehead atoms. The Balaban J connectivity index is 3.52. The second kappa shape index (κ2) is 5.48. The van der Waals surface area contributed by atoms with E-state index in [-0.39, 0.29) is 3.57 Å². The van der Waals surface area contributed by atoms with E-state index in [0.29, 0.717) is 12.1 Å². The van der Waals surface area contributed by atoms with E-state index in [1.54, 1.807) is 0 Å². The number of alkyl halides is 2. The van der Waals surface area contributed by atoms with Crippen LogP contribution in [0.15, 0.2) is 17.0 Å². The van der Waals surface area contributed by atoms with Gasteiger partial charge in [-0.1, -0.05) is 0 Å². The van der Waals surface area contributed by atoms with Gasteiger partial charge < -0.3 is 4.74 Å². The Morgan fingerprint density at radius 3 is 2.39 bits per heavy atom. The van der Waals surface area contributed by atoms with E-state index in [1.807, 2.05) is 0 Å². The molecule has 0 saturated heterocycles. The van der Waals surface area contributed by atoms with Gasteiger partial charge in [0.25, 0.3) is 14.7 Å². The Morgan fingerprint density at radius 1 is 1.44 bits per heavy atom. The molecular weight excluding hydrogens is 410 g/mol. The molecule has 0 radical (unpaired) electrons. The van der Waals surface area contributed by atoms with Crippen LogP contribution in [0.4, 0.5) is 14.5 Å². The Kier molecular flexibility index (Phi) is 4.66. The molecule has 1 rings (SSSR count). The summed E-state index contributed by atoms with van der Waals surface area (Å²) >= 11 is 1.40. The molecule has 0 aliphatic rings. The molecule has 0 fully saturated rings. The maximum Gasteiger partial charge on any atom is 0.387 e. The van der Waals surface area contributed by atoms with Crippen molar-refractivity contribution in [2.75, 3.05) is 0 Å². The van der Waals surface area contributed by atoms with Crippen LogP contribution >= 0.6 is 33.3 Å². The molecule has 0 N–H and O–H groups in total. The lowest BCUT2D eigenvalue weighted by atomic mass is 10.3. The van der Waals surface area contributed by atoms with E-state index in [0.717, 1.165) is 0 Å². The number of nitro benzene ring substituents is 1. The van der Waals surface area contributed by atoms with Crippen LogP contribution in [0.1, 0.15) is 0 Å². The fourth-order valence-corrected chi connectivity index (χ4v) is 2.42. The highest BCUT2D eigenvalue weighted by molar-refractivity contribution is 14.1. The molecule has 0 saturated carbocycles. The fraction of sp³-hybridized carbons (Fsp3) is 0.143. The molecule has 0 aliphatic heterocycles. The molecule has 1 aromatic rings. The third-order valence-corrected chi connectivity index (χ3v) is 4.11. The van der Waals surface area contributed by atoms with Gasteiger partial charge in [-0.25, -0.2) is 8.42 Å². The van der Waals surface area contributed by atoms with E-state index in [1.165, 1.54) is 22.6 Å². The minimum absolute atomic E-state index is 0.248. The average Bonchev–Trinajstić information content (AvgIpc) is 2.18. The quantitative estimate of drug-likeness (QED) is 0.328. The van der Waals surface area contributed by atoms with Gasteiger partial charge in [0.2, 0.25) is 0 Å². The molecular formula is C7H3ClF2INO5S. The Labute approximate surface area is 118 Å². The largest absolute Gasteiger partial charge is 0.433 e. The monoisotopic (exact) mass is 413 g/mol. The molecule has 0 atom stereocenters. The maximum atomic E-state index is 12.1. The maximum absolute atomic E-state index is 12.1. The highest BCUT2D eigenvalue weighted by atomic mass is 127. The van der Waals surface area contributed by atoms with E-state index < -0.39 is 36.9 Å². The van der Waals surface area contributed by atoms with Crippen LogP contribution in [-0.2, 0) is 9.05 Å². The lowest BCUT2D eigenvalue weighted by Gasteiger charge is -2.08. The van der Waals surface area contributed by atoms with Crippen molar-refractivity contribution in [2.24, 2.45) is 0 Å². The van der Waals surface area contributed by atoms with Crippen LogP contribution in [0, 0.1) is 13.7 Å². The third-order valence-electron chi connectivity index (χ3n) is 1.69. The van der Waals surface area contributed by atoms with E-state index in [2.05, 4.69) is 4.74 Å². The normalized spacial score (nSPS) is 11.6. The molecule has 6 nitrogen and oxygen atoms in total. The number of ether oxygens (including phenoxy) is 1. The number of nitro groups is 1. The summed E-state index contributed by atoms with van der Waals surface area (Å²) in [5, 5.41) is 10.7. The SMILES string of the molecule is O=[N+]([O-])c1cc(S(=O)(=O)Cl)cc(OC(F)F)c1I. The number of hydrogen-bond donors (Lipinski definition) is 0. The molecule has 100 valence electrons. The minimum Gasteiger partial charge on any atom is -0.433 e. The van der Waals surface area contributed by atoms with E-state index >= 15 is 0 Å². The zero-order valence-corrected chi connectivity index (χ0v) is 11.9. The molecule has 0 unspecified atom stereocenters. The predicted molar refractivity (Wildman–Crippen MR) is 65.5 cm³/mol. The summed E-state index contributed by atoms with van der Waals surface area (Å²) < 4.78 is 50.0. The molecule has 0 spiro atoms. The number of hydrogen-bond acceptors (Lipinski definition) is 5. The number of nitrogens with zero attached hydrogens (tertiary/aromatic N) is 1. The molecule has 0 heterocycles. The van der Waals surface area contributed by atoms with Crippen molar-refractivity contribution in [1.29, 1.82) is 0 Å². The van der Waals surface area contributed by atoms with Gasteiger partial charge in [0.05, 0.1) is 9.82 Å². The van der Waals surface area contributed by atoms with Crippen LogP contribution in [0.2, 0.25) is 0 Å². The summed E-state index contributed by atoms with van der Waals surface area (Å²) in [6.07, 6.45) is 0. The van der Waals surface area contributed by atoms with Crippen molar-refractivity contribution in [2.45, 2.75) is 11.5 Å². The average molecular weight is 414 g/mol. The third kappa shape index (κ3) is 3.62. The summed E-state index contributed by atoms with van der Waals surface area (Å²) in [7, 11) is 0.706. The smallest absolute Gasteiger partial charge is 0.387 e. The molecule has 0 amide bonds. The van der Waals surface area contributed by atoms with Crippen LogP contribution in [-0.4, -0.2) is 20.0 Å². The summed E-state index contributed by atoms with van der Waals surface area (Å²) in [4.78, 5) is 9.05. The Hall–Kier alpha value is -0.750. The molecule has 1 aromatic carbocycles. The number of rotatable bonds is 4. The van der Waals surface area contributed by atoms with Crippen LogP contribution in [0.3, 0.4) is 0 Å². The standard InChI is InChI=1S/C7H3ClF2INO5S/c8-18(15,16)3-1-4(12(13)14)6(11)5(2-3)17-7(9)10/h1-2,7H. The van der Waals surface area contributed by atoms with Gasteiger partial charge in [-0.15, -0.1) is 0 Å². The molecule has 0 aliphatic carbocycles. The highest BCUT2D eigenvalue weighted by Crippen LogP contribution is 2.35. The van der Waals surface area contributed by atoms with Gasteiger partial charge in [-0.05, 0) is 22.6 Å². The van der Waals surface area contributed by atoms with Crippen LogP contribution < -0.4 is 4.74 Å². The first-order valence-corrected chi connectivity index (χ1v) is 7.39.